The first-order valence-electron chi connectivity index (χ1n) is 6.91. The fraction of sp³-hybridized carbons (Fsp3) is 1.00. The second-order valence-corrected chi connectivity index (χ2v) is 6.56. The molecule has 2 aliphatic rings. The van der Waals surface area contributed by atoms with Gasteiger partial charge in [0.2, 0.25) is 0 Å². The molecule has 2 aliphatic heterocycles. The molecular weight excluding hydrogens is 196 g/mol. The molecule has 2 heteroatoms. The second kappa shape index (κ2) is 6.02. The lowest BCUT2D eigenvalue weighted by Crippen LogP contribution is -2.55. The molecule has 0 aliphatic carbocycles. The Bertz CT molecular complexity index is 167. The number of hydrogen-bond donors (Lipinski definition) is 2. The van der Waals surface area contributed by atoms with Gasteiger partial charge in [-0.1, -0.05) is 6.42 Å². The Balaban J connectivity index is 0.000000181. The minimum atomic E-state index is 0.363. The predicted molar refractivity (Wildman–Crippen MR) is 71.9 cm³/mol. The van der Waals surface area contributed by atoms with Crippen LogP contribution in [0.2, 0.25) is 0 Å². The summed E-state index contributed by atoms with van der Waals surface area (Å²) in [5.74, 6) is 0. The van der Waals surface area contributed by atoms with Crippen molar-refractivity contribution >= 4 is 0 Å². The SMILES string of the molecule is C1CCNCC1.CC1(C)CCCC(C)(C)N1. The zero-order chi connectivity index (χ0) is 12.1. The number of nitrogens with one attached hydrogen (secondary N) is 2. The van der Waals surface area contributed by atoms with E-state index in [4.69, 9.17) is 0 Å². The highest BCUT2D eigenvalue weighted by molar-refractivity contribution is 4.92. The normalized spacial score (nSPS) is 27.8. The van der Waals surface area contributed by atoms with Crippen LogP contribution in [0.15, 0.2) is 0 Å². The van der Waals surface area contributed by atoms with E-state index in [1.807, 2.05) is 0 Å². The summed E-state index contributed by atoms with van der Waals surface area (Å²) >= 11 is 0. The van der Waals surface area contributed by atoms with Gasteiger partial charge in [-0.25, -0.2) is 0 Å². The van der Waals surface area contributed by atoms with Gasteiger partial charge in [0.05, 0.1) is 0 Å². The van der Waals surface area contributed by atoms with E-state index in [-0.39, 0.29) is 0 Å². The fourth-order valence-electron chi connectivity index (χ4n) is 2.82. The molecular formula is C14H30N2. The van der Waals surface area contributed by atoms with Crippen LogP contribution < -0.4 is 10.6 Å². The van der Waals surface area contributed by atoms with Crippen LogP contribution in [-0.4, -0.2) is 24.2 Å². The van der Waals surface area contributed by atoms with Gasteiger partial charge in [-0.05, 0) is 72.9 Å². The average molecular weight is 226 g/mol. The molecule has 2 saturated heterocycles. The quantitative estimate of drug-likeness (QED) is 0.663. The van der Waals surface area contributed by atoms with E-state index in [0.717, 1.165) is 0 Å². The molecule has 2 fully saturated rings. The van der Waals surface area contributed by atoms with Crippen molar-refractivity contribution < 1.29 is 0 Å². The van der Waals surface area contributed by atoms with E-state index in [1.54, 1.807) is 0 Å². The molecule has 2 heterocycles. The van der Waals surface area contributed by atoms with Gasteiger partial charge in [0.25, 0.3) is 0 Å². The van der Waals surface area contributed by atoms with Gasteiger partial charge >= 0.3 is 0 Å². The molecule has 0 atom stereocenters. The van der Waals surface area contributed by atoms with Gasteiger partial charge in [0.15, 0.2) is 0 Å². The third kappa shape index (κ3) is 5.86. The van der Waals surface area contributed by atoms with Crippen LogP contribution in [0.3, 0.4) is 0 Å². The Morgan fingerprint density at radius 2 is 1.19 bits per heavy atom. The van der Waals surface area contributed by atoms with Crippen LogP contribution in [0.5, 0.6) is 0 Å². The Labute approximate surface area is 102 Å². The van der Waals surface area contributed by atoms with Crippen molar-refractivity contribution in [2.24, 2.45) is 0 Å². The Hall–Kier alpha value is -0.0800. The summed E-state index contributed by atoms with van der Waals surface area (Å²) in [6, 6.07) is 0. The van der Waals surface area contributed by atoms with Crippen LogP contribution in [-0.2, 0) is 0 Å². The Kier molecular flexibility index (Phi) is 5.26. The van der Waals surface area contributed by atoms with Crippen molar-refractivity contribution in [3.63, 3.8) is 0 Å². The molecule has 2 N–H and O–H groups in total. The van der Waals surface area contributed by atoms with E-state index in [0.29, 0.717) is 11.1 Å². The van der Waals surface area contributed by atoms with Gasteiger partial charge in [0, 0.05) is 11.1 Å². The Morgan fingerprint density at radius 3 is 1.38 bits per heavy atom. The molecule has 0 unspecified atom stereocenters. The molecule has 0 amide bonds. The maximum absolute atomic E-state index is 3.63. The monoisotopic (exact) mass is 226 g/mol. The fourth-order valence-corrected chi connectivity index (χ4v) is 2.82. The van der Waals surface area contributed by atoms with Crippen molar-refractivity contribution in [2.75, 3.05) is 13.1 Å². The third-order valence-electron chi connectivity index (χ3n) is 3.49. The van der Waals surface area contributed by atoms with E-state index < -0.39 is 0 Å². The minimum absolute atomic E-state index is 0.363. The molecule has 0 bridgehead atoms. The van der Waals surface area contributed by atoms with Crippen molar-refractivity contribution in [1.82, 2.24) is 10.6 Å². The van der Waals surface area contributed by atoms with E-state index in [9.17, 15) is 0 Å². The molecule has 0 radical (unpaired) electrons. The highest BCUT2D eigenvalue weighted by Crippen LogP contribution is 2.27. The van der Waals surface area contributed by atoms with Gasteiger partial charge in [0.1, 0.15) is 0 Å². The zero-order valence-electron chi connectivity index (χ0n) is 11.7. The molecule has 0 aromatic rings. The summed E-state index contributed by atoms with van der Waals surface area (Å²) in [5, 5.41) is 6.92. The molecule has 0 aromatic heterocycles. The lowest BCUT2D eigenvalue weighted by atomic mass is 9.83. The third-order valence-corrected chi connectivity index (χ3v) is 3.49. The van der Waals surface area contributed by atoms with Crippen molar-refractivity contribution in [3.8, 4) is 0 Å². The van der Waals surface area contributed by atoms with Gasteiger partial charge in [-0.3, -0.25) is 0 Å². The molecule has 2 nitrogen and oxygen atoms in total. The Morgan fingerprint density at radius 1 is 0.688 bits per heavy atom. The highest BCUT2D eigenvalue weighted by atomic mass is 15.0. The van der Waals surface area contributed by atoms with Crippen LogP contribution in [0.1, 0.15) is 66.2 Å². The summed E-state index contributed by atoms with van der Waals surface area (Å²) in [5.41, 5.74) is 0.726. The smallest absolute Gasteiger partial charge is 0.0130 e. The second-order valence-electron chi connectivity index (χ2n) is 6.56. The van der Waals surface area contributed by atoms with Crippen molar-refractivity contribution in [1.29, 1.82) is 0 Å². The van der Waals surface area contributed by atoms with E-state index >= 15 is 0 Å². The molecule has 96 valence electrons. The van der Waals surface area contributed by atoms with Gasteiger partial charge in [-0.2, -0.15) is 0 Å². The number of rotatable bonds is 0. The van der Waals surface area contributed by atoms with E-state index in [2.05, 4.69) is 38.3 Å². The molecule has 0 spiro atoms. The van der Waals surface area contributed by atoms with Crippen LogP contribution >= 0.6 is 0 Å². The first kappa shape index (κ1) is 14.0. The van der Waals surface area contributed by atoms with Crippen LogP contribution in [0.4, 0.5) is 0 Å². The summed E-state index contributed by atoms with van der Waals surface area (Å²) in [4.78, 5) is 0. The van der Waals surface area contributed by atoms with Crippen molar-refractivity contribution in [3.05, 3.63) is 0 Å². The topological polar surface area (TPSA) is 24.1 Å². The summed E-state index contributed by atoms with van der Waals surface area (Å²) < 4.78 is 0. The van der Waals surface area contributed by atoms with E-state index in [1.165, 1.54) is 51.6 Å². The largest absolute Gasteiger partial charge is 0.317 e. The molecule has 16 heavy (non-hydrogen) atoms. The first-order chi connectivity index (χ1) is 7.41. The zero-order valence-corrected chi connectivity index (χ0v) is 11.7. The standard InChI is InChI=1S/C9H19N.C5H11N/c1-8(2)6-5-7-9(3,4)10-8;1-2-4-6-5-3-1/h10H,5-7H2,1-4H3;6H,1-5H2. The predicted octanol–water partition coefficient (Wildman–Crippen LogP) is 3.08. The average Bonchev–Trinajstić information content (AvgIpc) is 2.17. The number of piperidine rings is 2. The minimum Gasteiger partial charge on any atom is -0.317 e. The maximum atomic E-state index is 3.63. The summed E-state index contributed by atoms with van der Waals surface area (Å²) in [7, 11) is 0. The molecule has 0 saturated carbocycles. The van der Waals surface area contributed by atoms with Crippen LogP contribution in [0, 0.1) is 0 Å². The molecule has 2 rings (SSSR count). The highest BCUT2D eigenvalue weighted by Gasteiger charge is 2.31. The summed E-state index contributed by atoms with van der Waals surface area (Å²) in [6.07, 6.45) is 8.22. The van der Waals surface area contributed by atoms with Gasteiger partial charge in [-0.15, -0.1) is 0 Å². The maximum Gasteiger partial charge on any atom is 0.0130 e. The van der Waals surface area contributed by atoms with Gasteiger partial charge < -0.3 is 10.6 Å². The molecule has 0 aromatic carbocycles. The van der Waals surface area contributed by atoms with Crippen LogP contribution in [0.25, 0.3) is 0 Å². The van der Waals surface area contributed by atoms with Crippen molar-refractivity contribution in [2.45, 2.75) is 77.3 Å². The lowest BCUT2D eigenvalue weighted by Gasteiger charge is -2.42. The first-order valence-corrected chi connectivity index (χ1v) is 6.91. The number of hydrogen-bond acceptors (Lipinski definition) is 2. The summed E-state index contributed by atoms with van der Waals surface area (Å²) in [6.45, 7) is 11.6. The lowest BCUT2D eigenvalue weighted by molar-refractivity contribution is 0.183.